The molecular formula is C9H18N2. The quantitative estimate of drug-likeness (QED) is 0.598. The van der Waals surface area contributed by atoms with E-state index in [1.54, 1.807) is 0 Å². The molecule has 0 amide bonds. The lowest BCUT2D eigenvalue weighted by molar-refractivity contribution is 0.824. The highest BCUT2D eigenvalue weighted by Crippen LogP contribution is 1.89. The van der Waals surface area contributed by atoms with Crippen molar-refractivity contribution in [1.82, 2.24) is 5.32 Å². The van der Waals surface area contributed by atoms with Crippen LogP contribution in [0, 0.1) is 0 Å². The minimum absolute atomic E-state index is 1.00. The van der Waals surface area contributed by atoms with E-state index in [0.717, 1.165) is 19.4 Å². The molecule has 64 valence electrons. The monoisotopic (exact) mass is 154 g/mol. The van der Waals surface area contributed by atoms with Crippen molar-refractivity contribution in [2.75, 3.05) is 20.6 Å². The molecule has 0 fully saturated rings. The molecular weight excluding hydrogens is 136 g/mol. The summed E-state index contributed by atoms with van der Waals surface area (Å²) in [6.07, 6.45) is 6.33. The van der Waals surface area contributed by atoms with Gasteiger partial charge in [0.1, 0.15) is 0 Å². The molecule has 1 N–H and O–H groups in total. The third-order valence-corrected chi connectivity index (χ3v) is 1.46. The van der Waals surface area contributed by atoms with Gasteiger partial charge in [0.05, 0.1) is 0 Å². The summed E-state index contributed by atoms with van der Waals surface area (Å²) in [5.74, 6) is 0. The SMILES string of the molecule is CC/C=C\C(CCNC)=NC. The fourth-order valence-corrected chi connectivity index (χ4v) is 0.777. The molecule has 0 aromatic carbocycles. The fraction of sp³-hybridized carbons (Fsp3) is 0.667. The lowest BCUT2D eigenvalue weighted by Crippen LogP contribution is -2.11. The standard InChI is InChI=1S/C9H18N2/c1-4-5-6-9(11-3)7-8-10-2/h5-6,10H,4,7-8H2,1-3H3/b6-5-,11-9?. The Morgan fingerprint density at radius 1 is 1.55 bits per heavy atom. The molecule has 0 saturated carbocycles. The van der Waals surface area contributed by atoms with Gasteiger partial charge in [-0.3, -0.25) is 4.99 Å². The maximum absolute atomic E-state index is 4.15. The summed E-state index contributed by atoms with van der Waals surface area (Å²) < 4.78 is 0. The Morgan fingerprint density at radius 3 is 2.73 bits per heavy atom. The second-order valence-corrected chi connectivity index (χ2v) is 2.38. The van der Waals surface area contributed by atoms with Crippen LogP contribution in [-0.2, 0) is 0 Å². The van der Waals surface area contributed by atoms with Gasteiger partial charge in [0.15, 0.2) is 0 Å². The zero-order chi connectivity index (χ0) is 8.53. The van der Waals surface area contributed by atoms with E-state index in [4.69, 9.17) is 0 Å². The van der Waals surface area contributed by atoms with Crippen LogP contribution in [0.4, 0.5) is 0 Å². The average molecular weight is 154 g/mol. The van der Waals surface area contributed by atoms with Crippen molar-refractivity contribution >= 4 is 5.71 Å². The zero-order valence-electron chi connectivity index (χ0n) is 7.72. The lowest BCUT2D eigenvalue weighted by Gasteiger charge is -1.98. The van der Waals surface area contributed by atoms with Crippen LogP contribution in [0.5, 0.6) is 0 Å². The van der Waals surface area contributed by atoms with Crippen LogP contribution in [0.25, 0.3) is 0 Å². The molecule has 0 atom stereocenters. The summed E-state index contributed by atoms with van der Waals surface area (Å²) in [7, 11) is 3.79. The Kier molecular flexibility index (Phi) is 7.05. The van der Waals surface area contributed by atoms with Gasteiger partial charge in [-0.05, 0) is 19.5 Å². The third kappa shape index (κ3) is 5.80. The molecule has 0 bridgehead atoms. The van der Waals surface area contributed by atoms with E-state index in [9.17, 15) is 0 Å². The van der Waals surface area contributed by atoms with Crippen LogP contribution >= 0.6 is 0 Å². The number of hydrogen-bond acceptors (Lipinski definition) is 2. The number of rotatable bonds is 5. The van der Waals surface area contributed by atoms with E-state index in [-0.39, 0.29) is 0 Å². The van der Waals surface area contributed by atoms with Crippen molar-refractivity contribution < 1.29 is 0 Å². The van der Waals surface area contributed by atoms with Crippen molar-refractivity contribution in [1.29, 1.82) is 0 Å². The molecule has 0 spiro atoms. The van der Waals surface area contributed by atoms with Crippen molar-refractivity contribution in [2.24, 2.45) is 4.99 Å². The summed E-state index contributed by atoms with van der Waals surface area (Å²) in [5.41, 5.74) is 1.17. The zero-order valence-corrected chi connectivity index (χ0v) is 7.72. The highest BCUT2D eigenvalue weighted by atomic mass is 14.8. The van der Waals surface area contributed by atoms with Gasteiger partial charge in [0.2, 0.25) is 0 Å². The van der Waals surface area contributed by atoms with Crippen molar-refractivity contribution in [2.45, 2.75) is 19.8 Å². The van der Waals surface area contributed by atoms with E-state index < -0.39 is 0 Å². The number of nitrogens with zero attached hydrogens (tertiary/aromatic N) is 1. The molecule has 0 aliphatic carbocycles. The first-order valence-corrected chi connectivity index (χ1v) is 4.12. The highest BCUT2D eigenvalue weighted by Gasteiger charge is 1.89. The van der Waals surface area contributed by atoms with Gasteiger partial charge in [-0.2, -0.15) is 0 Å². The Balaban J connectivity index is 3.68. The minimum Gasteiger partial charge on any atom is -0.319 e. The Morgan fingerprint density at radius 2 is 2.27 bits per heavy atom. The van der Waals surface area contributed by atoms with Gasteiger partial charge in [0.25, 0.3) is 0 Å². The van der Waals surface area contributed by atoms with Gasteiger partial charge in [0, 0.05) is 25.7 Å². The third-order valence-electron chi connectivity index (χ3n) is 1.46. The summed E-state index contributed by atoms with van der Waals surface area (Å²) >= 11 is 0. The van der Waals surface area contributed by atoms with E-state index in [0.29, 0.717) is 0 Å². The van der Waals surface area contributed by atoms with Crippen LogP contribution < -0.4 is 5.32 Å². The summed E-state index contributed by atoms with van der Waals surface area (Å²) in [5, 5.41) is 3.09. The predicted octanol–water partition coefficient (Wildman–Crippen LogP) is 1.63. The average Bonchev–Trinajstić information content (AvgIpc) is 2.05. The molecule has 0 aliphatic heterocycles. The van der Waals surface area contributed by atoms with E-state index in [1.165, 1.54) is 5.71 Å². The van der Waals surface area contributed by atoms with E-state index in [1.807, 2.05) is 14.1 Å². The normalized spacial score (nSPS) is 12.8. The van der Waals surface area contributed by atoms with Gasteiger partial charge in [-0.1, -0.05) is 13.0 Å². The van der Waals surface area contributed by atoms with Gasteiger partial charge < -0.3 is 5.32 Å². The van der Waals surface area contributed by atoms with Gasteiger partial charge in [-0.15, -0.1) is 0 Å². The molecule has 2 nitrogen and oxygen atoms in total. The molecule has 0 aromatic rings. The molecule has 11 heavy (non-hydrogen) atoms. The minimum atomic E-state index is 1.00. The van der Waals surface area contributed by atoms with Crippen LogP contribution in [0.2, 0.25) is 0 Å². The fourth-order valence-electron chi connectivity index (χ4n) is 0.777. The van der Waals surface area contributed by atoms with Crippen molar-refractivity contribution in [3.63, 3.8) is 0 Å². The summed E-state index contributed by atoms with van der Waals surface area (Å²) in [6, 6.07) is 0. The summed E-state index contributed by atoms with van der Waals surface area (Å²) in [6.45, 7) is 3.13. The smallest absolute Gasteiger partial charge is 0.0354 e. The van der Waals surface area contributed by atoms with Crippen molar-refractivity contribution in [3.8, 4) is 0 Å². The van der Waals surface area contributed by atoms with Crippen LogP contribution in [0.15, 0.2) is 17.1 Å². The number of nitrogens with one attached hydrogen (secondary N) is 1. The first-order chi connectivity index (χ1) is 5.35. The molecule has 0 rings (SSSR count). The molecule has 0 aliphatic rings. The number of allylic oxidation sites excluding steroid dienone is 2. The highest BCUT2D eigenvalue weighted by molar-refractivity contribution is 5.94. The molecule has 0 heterocycles. The number of hydrogen-bond donors (Lipinski definition) is 1. The molecule has 0 aromatic heterocycles. The maximum Gasteiger partial charge on any atom is 0.0354 e. The Hall–Kier alpha value is -0.630. The van der Waals surface area contributed by atoms with Crippen LogP contribution in [0.3, 0.4) is 0 Å². The van der Waals surface area contributed by atoms with Gasteiger partial charge in [-0.25, -0.2) is 0 Å². The van der Waals surface area contributed by atoms with Crippen LogP contribution in [0.1, 0.15) is 19.8 Å². The first-order valence-electron chi connectivity index (χ1n) is 4.12. The summed E-state index contributed by atoms with van der Waals surface area (Å²) in [4.78, 5) is 4.15. The van der Waals surface area contributed by atoms with Gasteiger partial charge >= 0.3 is 0 Å². The Labute approximate surface area is 69.4 Å². The van der Waals surface area contributed by atoms with E-state index in [2.05, 4.69) is 29.4 Å². The van der Waals surface area contributed by atoms with E-state index >= 15 is 0 Å². The molecule has 0 unspecified atom stereocenters. The van der Waals surface area contributed by atoms with Crippen LogP contribution in [-0.4, -0.2) is 26.4 Å². The number of aliphatic imine (C=N–C) groups is 1. The molecule has 0 saturated heterocycles. The first kappa shape index (κ1) is 10.4. The lowest BCUT2D eigenvalue weighted by atomic mass is 10.2. The molecule has 0 radical (unpaired) electrons. The largest absolute Gasteiger partial charge is 0.319 e. The predicted molar refractivity (Wildman–Crippen MR) is 51.3 cm³/mol. The Bertz CT molecular complexity index is 136. The second-order valence-electron chi connectivity index (χ2n) is 2.38. The van der Waals surface area contributed by atoms with Crippen molar-refractivity contribution in [3.05, 3.63) is 12.2 Å². The molecule has 2 heteroatoms. The maximum atomic E-state index is 4.15. The second kappa shape index (κ2) is 7.48. The topological polar surface area (TPSA) is 24.4 Å².